The molecule has 0 aliphatic carbocycles. The van der Waals surface area contributed by atoms with Gasteiger partial charge in [0.15, 0.2) is 5.82 Å². The number of carbonyl (C=O) groups is 1. The molecule has 116 valence electrons. The van der Waals surface area contributed by atoms with Crippen molar-refractivity contribution in [2.75, 3.05) is 7.05 Å². The Hall–Kier alpha value is -3.09. The van der Waals surface area contributed by atoms with Crippen molar-refractivity contribution in [1.29, 1.82) is 0 Å². The Kier molecular flexibility index (Phi) is 4.09. The van der Waals surface area contributed by atoms with Crippen LogP contribution in [0, 0.1) is 0 Å². The van der Waals surface area contributed by atoms with Crippen LogP contribution in [-0.4, -0.2) is 38.0 Å². The average molecular weight is 309 g/mol. The largest absolute Gasteiger partial charge is 0.364 e. The molecule has 3 aromatic heterocycles. The molecule has 1 atom stereocenters. The molecule has 3 aromatic rings. The van der Waals surface area contributed by atoms with Gasteiger partial charge in [-0.3, -0.25) is 9.78 Å². The summed E-state index contributed by atoms with van der Waals surface area (Å²) in [4.78, 5) is 26.5. The number of hydrogen-bond donors (Lipinski definition) is 0. The first-order valence-electron chi connectivity index (χ1n) is 7.06. The highest BCUT2D eigenvalue weighted by Gasteiger charge is 2.21. The van der Waals surface area contributed by atoms with Gasteiger partial charge in [0.2, 0.25) is 0 Å². The van der Waals surface area contributed by atoms with E-state index < -0.39 is 0 Å². The number of rotatable bonds is 4. The van der Waals surface area contributed by atoms with Gasteiger partial charge in [-0.15, -0.1) is 0 Å². The van der Waals surface area contributed by atoms with E-state index in [1.165, 1.54) is 18.7 Å². The van der Waals surface area contributed by atoms with Gasteiger partial charge in [-0.05, 0) is 19.1 Å². The topological polar surface area (TPSA) is 85.0 Å². The Morgan fingerprint density at radius 2 is 1.87 bits per heavy atom. The van der Waals surface area contributed by atoms with Gasteiger partial charge < -0.3 is 9.42 Å². The van der Waals surface area contributed by atoms with Crippen molar-refractivity contribution in [1.82, 2.24) is 25.0 Å². The van der Waals surface area contributed by atoms with Crippen molar-refractivity contribution >= 4 is 5.91 Å². The van der Waals surface area contributed by atoms with Crippen molar-refractivity contribution in [3.63, 3.8) is 0 Å². The number of carbonyl (C=O) groups excluding carboxylic acids is 1. The number of pyridine rings is 1. The molecule has 0 saturated carbocycles. The lowest BCUT2D eigenvalue weighted by molar-refractivity contribution is 0.0736. The molecule has 0 N–H and O–H groups in total. The lowest BCUT2D eigenvalue weighted by Crippen LogP contribution is -2.30. The SMILES string of the molecule is C[C@@H](c1ccon1)N(C)C(=O)c1cnc(-c2ccncc2)nc1. The molecule has 7 nitrogen and oxygen atoms in total. The van der Waals surface area contributed by atoms with Gasteiger partial charge >= 0.3 is 0 Å². The third-order valence-electron chi connectivity index (χ3n) is 3.62. The van der Waals surface area contributed by atoms with Crippen LogP contribution in [0.3, 0.4) is 0 Å². The molecule has 23 heavy (non-hydrogen) atoms. The molecular weight excluding hydrogens is 294 g/mol. The Labute approximate surface area is 133 Å². The van der Waals surface area contributed by atoms with Gasteiger partial charge in [0.1, 0.15) is 12.0 Å². The van der Waals surface area contributed by atoms with Gasteiger partial charge in [0, 0.05) is 43.5 Å². The number of hydrogen-bond acceptors (Lipinski definition) is 6. The molecule has 0 bridgehead atoms. The monoisotopic (exact) mass is 309 g/mol. The predicted molar refractivity (Wildman–Crippen MR) is 82.3 cm³/mol. The predicted octanol–water partition coefficient (Wildman–Crippen LogP) is 2.36. The first kappa shape index (κ1) is 14.8. The van der Waals surface area contributed by atoms with Crippen LogP contribution < -0.4 is 0 Å². The summed E-state index contributed by atoms with van der Waals surface area (Å²) in [7, 11) is 1.71. The average Bonchev–Trinajstić information content (AvgIpc) is 3.15. The van der Waals surface area contributed by atoms with Crippen LogP contribution in [0.1, 0.15) is 29.0 Å². The van der Waals surface area contributed by atoms with E-state index in [4.69, 9.17) is 4.52 Å². The van der Waals surface area contributed by atoms with Crippen molar-refractivity contribution in [3.8, 4) is 11.4 Å². The summed E-state index contributed by atoms with van der Waals surface area (Å²) in [6.07, 6.45) is 7.88. The molecular formula is C16H15N5O2. The summed E-state index contributed by atoms with van der Waals surface area (Å²) in [5.74, 6) is 0.373. The fourth-order valence-corrected chi connectivity index (χ4v) is 2.10. The van der Waals surface area contributed by atoms with Crippen LogP contribution >= 0.6 is 0 Å². The minimum atomic E-state index is -0.207. The van der Waals surface area contributed by atoms with E-state index in [1.54, 1.807) is 30.4 Å². The second kappa shape index (κ2) is 6.35. The molecule has 0 aromatic carbocycles. The number of nitrogens with zero attached hydrogens (tertiary/aromatic N) is 5. The second-order valence-corrected chi connectivity index (χ2v) is 5.05. The van der Waals surface area contributed by atoms with Crippen LogP contribution in [-0.2, 0) is 0 Å². The lowest BCUT2D eigenvalue weighted by atomic mass is 10.2. The molecule has 3 heterocycles. The maximum Gasteiger partial charge on any atom is 0.257 e. The summed E-state index contributed by atoms with van der Waals surface area (Å²) in [6.45, 7) is 1.88. The molecule has 0 radical (unpaired) electrons. The quantitative estimate of drug-likeness (QED) is 0.735. The zero-order valence-electron chi connectivity index (χ0n) is 12.7. The second-order valence-electron chi connectivity index (χ2n) is 5.05. The third kappa shape index (κ3) is 3.08. The summed E-state index contributed by atoms with van der Waals surface area (Å²) >= 11 is 0. The molecule has 0 spiro atoms. The molecule has 0 saturated heterocycles. The van der Waals surface area contributed by atoms with Crippen molar-refractivity contribution in [2.45, 2.75) is 13.0 Å². The normalized spacial score (nSPS) is 11.9. The Morgan fingerprint density at radius 3 is 2.48 bits per heavy atom. The standard InChI is InChI=1S/C16H15N5O2/c1-11(14-5-8-23-20-14)21(2)16(22)13-9-18-15(19-10-13)12-3-6-17-7-4-12/h3-11H,1-2H3/t11-/m0/s1. The van der Waals surface area contributed by atoms with Crippen molar-refractivity contribution in [2.24, 2.45) is 0 Å². The first-order valence-corrected chi connectivity index (χ1v) is 7.06. The van der Waals surface area contributed by atoms with Crippen LogP contribution in [0.5, 0.6) is 0 Å². The summed E-state index contributed by atoms with van der Waals surface area (Å²) in [5, 5.41) is 3.86. The van der Waals surface area contributed by atoms with Crippen molar-refractivity contribution in [3.05, 3.63) is 60.5 Å². The first-order chi connectivity index (χ1) is 11.2. The Morgan fingerprint density at radius 1 is 1.17 bits per heavy atom. The molecule has 0 aliphatic heterocycles. The Bertz CT molecular complexity index is 772. The zero-order valence-corrected chi connectivity index (χ0v) is 12.7. The highest BCUT2D eigenvalue weighted by atomic mass is 16.5. The number of amides is 1. The zero-order chi connectivity index (χ0) is 16.2. The molecule has 0 aliphatic rings. The van der Waals surface area contributed by atoms with Crippen molar-refractivity contribution < 1.29 is 9.32 Å². The minimum Gasteiger partial charge on any atom is -0.364 e. The third-order valence-corrected chi connectivity index (χ3v) is 3.62. The van der Waals surface area contributed by atoms with Crippen LogP contribution in [0.25, 0.3) is 11.4 Å². The van der Waals surface area contributed by atoms with E-state index in [9.17, 15) is 4.79 Å². The highest BCUT2D eigenvalue weighted by molar-refractivity contribution is 5.93. The van der Waals surface area contributed by atoms with Gasteiger partial charge in [0.25, 0.3) is 5.91 Å². The molecule has 3 rings (SSSR count). The van der Waals surface area contributed by atoms with Gasteiger partial charge in [0.05, 0.1) is 11.6 Å². The fraction of sp³-hybridized carbons (Fsp3) is 0.188. The molecule has 1 amide bonds. The van der Waals surface area contributed by atoms with Gasteiger partial charge in [-0.1, -0.05) is 5.16 Å². The highest BCUT2D eigenvalue weighted by Crippen LogP contribution is 2.19. The van der Waals surface area contributed by atoms with E-state index in [0.29, 0.717) is 17.1 Å². The fourth-order valence-electron chi connectivity index (χ4n) is 2.10. The maximum atomic E-state index is 12.5. The van der Waals surface area contributed by atoms with Crippen LogP contribution in [0.15, 0.2) is 53.8 Å². The lowest BCUT2D eigenvalue weighted by Gasteiger charge is -2.22. The van der Waals surface area contributed by atoms with Crippen LogP contribution in [0.2, 0.25) is 0 Å². The summed E-state index contributed by atoms with van der Waals surface area (Å²) in [6, 6.07) is 5.16. The molecule has 7 heteroatoms. The van der Waals surface area contributed by atoms with E-state index >= 15 is 0 Å². The number of aromatic nitrogens is 4. The smallest absolute Gasteiger partial charge is 0.257 e. The molecule has 0 unspecified atom stereocenters. The van der Waals surface area contributed by atoms with E-state index in [2.05, 4.69) is 20.1 Å². The van der Waals surface area contributed by atoms with E-state index in [1.807, 2.05) is 19.1 Å². The van der Waals surface area contributed by atoms with Gasteiger partial charge in [-0.25, -0.2) is 9.97 Å². The van der Waals surface area contributed by atoms with E-state index in [0.717, 1.165) is 5.56 Å². The summed E-state index contributed by atoms with van der Waals surface area (Å²) < 4.78 is 4.82. The van der Waals surface area contributed by atoms with E-state index in [-0.39, 0.29) is 11.9 Å². The van der Waals surface area contributed by atoms with Crippen LogP contribution in [0.4, 0.5) is 0 Å². The van der Waals surface area contributed by atoms with Gasteiger partial charge in [-0.2, -0.15) is 0 Å². The Balaban J connectivity index is 1.78. The minimum absolute atomic E-state index is 0.179. The summed E-state index contributed by atoms with van der Waals surface area (Å²) in [5.41, 5.74) is 1.96. The molecule has 0 fully saturated rings. The maximum absolute atomic E-state index is 12.5.